The molecule has 4 rings (SSSR count). The van der Waals surface area contributed by atoms with Gasteiger partial charge in [0.15, 0.2) is 0 Å². The average Bonchev–Trinajstić information content (AvgIpc) is 2.82. The lowest BCUT2D eigenvalue weighted by Crippen LogP contribution is -2.52. The second kappa shape index (κ2) is 10.8. The number of allylic oxidation sites excluding steroid dienone is 1. The Morgan fingerprint density at radius 2 is 1.61 bits per heavy atom. The number of esters is 1. The predicted octanol–water partition coefficient (Wildman–Crippen LogP) is 8.23. The van der Waals surface area contributed by atoms with Crippen LogP contribution in [0.5, 0.6) is 11.5 Å². The van der Waals surface area contributed by atoms with Crippen LogP contribution in [0.1, 0.15) is 111 Å². The summed E-state index contributed by atoms with van der Waals surface area (Å²) in [6, 6.07) is 4.48. The van der Waals surface area contributed by atoms with E-state index in [1.165, 1.54) is 36.8 Å². The minimum absolute atomic E-state index is 0.0440. The van der Waals surface area contributed by atoms with Gasteiger partial charge in [-0.05, 0) is 79.5 Å². The van der Waals surface area contributed by atoms with Crippen LogP contribution in [-0.4, -0.2) is 26.8 Å². The molecule has 4 nitrogen and oxygen atoms in total. The van der Waals surface area contributed by atoms with Crippen molar-refractivity contribution in [1.82, 2.24) is 0 Å². The second-order valence-corrected chi connectivity index (χ2v) is 13.3. The standard InChI is InChI=1S/C32H50O4/c1-11-12-13-14-15-31(5,6)22-17-26(34-9)28(27(18-22)35-10)23-16-21(20-36-29(33)30(2,3)4)24-19-25(23)32(24,7)8/h16-18,23-25H,11-15,19-20H2,1-10H3/t23-,24+,25?/m0/s1. The molecule has 0 saturated heterocycles. The van der Waals surface area contributed by atoms with Gasteiger partial charge in [-0.1, -0.05) is 66.4 Å². The van der Waals surface area contributed by atoms with Crippen molar-refractivity contribution < 1.29 is 19.0 Å². The van der Waals surface area contributed by atoms with E-state index in [1.807, 2.05) is 20.8 Å². The van der Waals surface area contributed by atoms with Gasteiger partial charge in [0, 0.05) is 11.5 Å². The van der Waals surface area contributed by atoms with Crippen LogP contribution in [0.2, 0.25) is 0 Å². The summed E-state index contributed by atoms with van der Waals surface area (Å²) in [6.45, 7) is 17.7. The van der Waals surface area contributed by atoms with Crippen LogP contribution >= 0.6 is 0 Å². The zero-order chi connectivity index (χ0) is 26.9. The van der Waals surface area contributed by atoms with Gasteiger partial charge in [-0.3, -0.25) is 4.79 Å². The molecule has 0 spiro atoms. The van der Waals surface area contributed by atoms with E-state index in [2.05, 4.69) is 52.8 Å². The monoisotopic (exact) mass is 498 g/mol. The van der Waals surface area contributed by atoms with Crippen molar-refractivity contribution in [2.45, 2.75) is 105 Å². The number of methoxy groups -OCH3 is 2. The highest BCUT2D eigenvalue weighted by Crippen LogP contribution is 2.65. The van der Waals surface area contributed by atoms with E-state index in [4.69, 9.17) is 14.2 Å². The number of carbonyl (C=O) groups is 1. The number of carbonyl (C=O) groups excluding carboxylic acids is 1. The van der Waals surface area contributed by atoms with E-state index < -0.39 is 5.41 Å². The summed E-state index contributed by atoms with van der Waals surface area (Å²) in [6.07, 6.45) is 9.64. The molecule has 1 saturated carbocycles. The molecule has 0 N–H and O–H groups in total. The highest BCUT2D eigenvalue weighted by atomic mass is 16.5. The Morgan fingerprint density at radius 1 is 1.00 bits per heavy atom. The normalized spacial score (nSPS) is 22.9. The largest absolute Gasteiger partial charge is 0.496 e. The second-order valence-electron chi connectivity index (χ2n) is 13.3. The van der Waals surface area contributed by atoms with E-state index in [1.54, 1.807) is 14.2 Å². The number of hydrogen-bond acceptors (Lipinski definition) is 4. The van der Waals surface area contributed by atoms with Crippen LogP contribution in [0.15, 0.2) is 23.8 Å². The topological polar surface area (TPSA) is 44.8 Å². The Kier molecular flexibility index (Phi) is 8.57. The maximum atomic E-state index is 12.5. The molecular weight excluding hydrogens is 448 g/mol. The van der Waals surface area contributed by atoms with Crippen LogP contribution in [0, 0.1) is 22.7 Å². The minimum atomic E-state index is -0.502. The third-order valence-electron chi connectivity index (χ3n) is 8.91. The van der Waals surface area contributed by atoms with Crippen molar-refractivity contribution in [3.8, 4) is 11.5 Å². The first kappa shape index (κ1) is 28.6. The third kappa shape index (κ3) is 5.63. The summed E-state index contributed by atoms with van der Waals surface area (Å²) in [5.74, 6) is 2.77. The molecule has 36 heavy (non-hydrogen) atoms. The Hall–Kier alpha value is -1.97. The minimum Gasteiger partial charge on any atom is -0.496 e. The highest BCUT2D eigenvalue weighted by Gasteiger charge is 2.56. The number of benzene rings is 1. The van der Waals surface area contributed by atoms with Gasteiger partial charge in [-0.15, -0.1) is 0 Å². The van der Waals surface area contributed by atoms with Gasteiger partial charge < -0.3 is 14.2 Å². The molecule has 3 aliphatic rings. The maximum Gasteiger partial charge on any atom is 0.311 e. The summed E-state index contributed by atoms with van der Waals surface area (Å²) in [5, 5.41) is 0. The van der Waals surface area contributed by atoms with Crippen molar-refractivity contribution in [3.05, 3.63) is 34.9 Å². The van der Waals surface area contributed by atoms with Crippen molar-refractivity contribution in [2.75, 3.05) is 20.8 Å². The number of ether oxygens (including phenoxy) is 3. The Morgan fingerprint density at radius 3 is 2.11 bits per heavy atom. The fraction of sp³-hybridized carbons (Fsp3) is 0.719. The lowest BCUT2D eigenvalue weighted by molar-refractivity contribution is -0.152. The molecule has 0 amide bonds. The van der Waals surface area contributed by atoms with E-state index in [9.17, 15) is 4.79 Å². The first-order chi connectivity index (χ1) is 16.8. The first-order valence-electron chi connectivity index (χ1n) is 13.9. The van der Waals surface area contributed by atoms with Gasteiger partial charge in [0.2, 0.25) is 0 Å². The molecule has 1 fully saturated rings. The lowest BCUT2D eigenvalue weighted by atomic mass is 9.45. The number of unbranched alkanes of at least 4 members (excludes halogenated alkanes) is 3. The maximum absolute atomic E-state index is 12.5. The number of fused-ring (bicyclic) bond motifs is 1. The molecule has 0 aliphatic heterocycles. The molecule has 0 heterocycles. The van der Waals surface area contributed by atoms with Crippen LogP contribution in [0.4, 0.5) is 0 Å². The van der Waals surface area contributed by atoms with Crippen LogP contribution < -0.4 is 9.47 Å². The summed E-state index contributed by atoms with van der Waals surface area (Å²) >= 11 is 0. The van der Waals surface area contributed by atoms with Crippen LogP contribution in [0.25, 0.3) is 0 Å². The zero-order valence-corrected chi connectivity index (χ0v) is 24.5. The van der Waals surface area contributed by atoms with Crippen LogP contribution in [0.3, 0.4) is 0 Å². The Bertz CT molecular complexity index is 938. The molecule has 0 radical (unpaired) electrons. The molecule has 3 atom stereocenters. The van der Waals surface area contributed by atoms with Crippen molar-refractivity contribution >= 4 is 5.97 Å². The van der Waals surface area contributed by atoms with Crippen molar-refractivity contribution in [2.24, 2.45) is 22.7 Å². The molecule has 1 unspecified atom stereocenters. The molecule has 202 valence electrons. The van der Waals surface area contributed by atoms with Crippen molar-refractivity contribution in [1.29, 1.82) is 0 Å². The number of hydrogen-bond donors (Lipinski definition) is 0. The Labute approximate surface area is 220 Å². The lowest BCUT2D eigenvalue weighted by Gasteiger charge is -2.59. The molecule has 1 aromatic rings. The quantitative estimate of drug-likeness (QED) is 0.175. The molecule has 1 aromatic carbocycles. The first-order valence-corrected chi connectivity index (χ1v) is 13.9. The fourth-order valence-corrected chi connectivity index (χ4v) is 6.26. The van der Waals surface area contributed by atoms with Crippen molar-refractivity contribution in [3.63, 3.8) is 0 Å². The third-order valence-corrected chi connectivity index (χ3v) is 8.91. The molecule has 2 bridgehead atoms. The highest BCUT2D eigenvalue weighted by molar-refractivity contribution is 5.75. The molecular formula is C32H50O4. The van der Waals surface area contributed by atoms with Gasteiger partial charge in [-0.2, -0.15) is 0 Å². The van der Waals surface area contributed by atoms with E-state index in [-0.39, 0.29) is 22.7 Å². The summed E-state index contributed by atoms with van der Waals surface area (Å²) in [7, 11) is 3.53. The van der Waals surface area contributed by atoms with E-state index >= 15 is 0 Å². The number of rotatable bonds is 11. The zero-order valence-electron chi connectivity index (χ0n) is 24.5. The average molecular weight is 499 g/mol. The summed E-state index contributed by atoms with van der Waals surface area (Å²) in [4.78, 5) is 12.5. The SMILES string of the molecule is CCCCCCC(C)(C)c1cc(OC)c([C@H]2C=C(COC(=O)C(C)(C)C)[C@H]3CC2C3(C)C)c(OC)c1. The van der Waals surface area contributed by atoms with Gasteiger partial charge in [-0.25, -0.2) is 0 Å². The van der Waals surface area contributed by atoms with E-state index in [0.29, 0.717) is 18.4 Å². The fourth-order valence-electron chi connectivity index (χ4n) is 6.26. The van der Waals surface area contributed by atoms with Gasteiger partial charge >= 0.3 is 5.97 Å². The van der Waals surface area contributed by atoms with E-state index in [0.717, 1.165) is 29.9 Å². The van der Waals surface area contributed by atoms with Crippen LogP contribution in [-0.2, 0) is 14.9 Å². The molecule has 0 aromatic heterocycles. The smallest absolute Gasteiger partial charge is 0.311 e. The van der Waals surface area contributed by atoms with Gasteiger partial charge in [0.05, 0.1) is 19.6 Å². The van der Waals surface area contributed by atoms with Gasteiger partial charge in [0.1, 0.15) is 18.1 Å². The predicted molar refractivity (Wildman–Crippen MR) is 148 cm³/mol. The Balaban J connectivity index is 1.96. The summed E-state index contributed by atoms with van der Waals surface area (Å²) < 4.78 is 17.9. The summed E-state index contributed by atoms with van der Waals surface area (Å²) in [5.41, 5.74) is 3.30. The molecule has 3 aliphatic carbocycles. The molecule has 4 heteroatoms. The van der Waals surface area contributed by atoms with Gasteiger partial charge in [0.25, 0.3) is 0 Å².